The lowest BCUT2D eigenvalue weighted by Gasteiger charge is -2.36. The zero-order valence-electron chi connectivity index (χ0n) is 11.5. The number of benzene rings is 1. The van der Waals surface area contributed by atoms with Gasteiger partial charge in [0, 0.05) is 31.7 Å². The summed E-state index contributed by atoms with van der Waals surface area (Å²) in [5.41, 5.74) is 2.32. The summed E-state index contributed by atoms with van der Waals surface area (Å²) in [4.78, 5) is 2.49. The van der Waals surface area contributed by atoms with Crippen molar-refractivity contribution in [2.24, 2.45) is 0 Å². The molecule has 18 heavy (non-hydrogen) atoms. The molecule has 0 amide bonds. The van der Waals surface area contributed by atoms with Crippen LogP contribution in [0.5, 0.6) is 0 Å². The third kappa shape index (κ3) is 3.53. The van der Waals surface area contributed by atoms with Crippen molar-refractivity contribution in [2.45, 2.75) is 39.3 Å². The molecule has 2 unspecified atom stereocenters. The minimum Gasteiger partial charge on any atom is -0.309 e. The van der Waals surface area contributed by atoms with E-state index in [0.29, 0.717) is 12.1 Å². The number of piperazine rings is 1. The van der Waals surface area contributed by atoms with E-state index in [-0.39, 0.29) is 5.82 Å². The minimum absolute atomic E-state index is 0.138. The lowest BCUT2D eigenvalue weighted by molar-refractivity contribution is 0.175. The predicted octanol–water partition coefficient (Wildman–Crippen LogP) is 2.36. The van der Waals surface area contributed by atoms with E-state index in [1.54, 1.807) is 12.1 Å². The maximum absolute atomic E-state index is 13.0. The van der Waals surface area contributed by atoms with Crippen molar-refractivity contribution in [3.63, 3.8) is 0 Å². The molecule has 0 aromatic heterocycles. The number of aryl methyl sites for hydroxylation is 1. The van der Waals surface area contributed by atoms with Crippen molar-refractivity contribution in [3.05, 3.63) is 35.1 Å². The lowest BCUT2D eigenvalue weighted by Crippen LogP contribution is -2.54. The monoisotopic (exact) mass is 250 g/mol. The molecule has 0 saturated carbocycles. The second-order valence-electron chi connectivity index (χ2n) is 5.55. The van der Waals surface area contributed by atoms with E-state index in [9.17, 15) is 4.39 Å². The average Bonchev–Trinajstić information content (AvgIpc) is 2.26. The Labute approximate surface area is 109 Å². The number of rotatable bonds is 3. The lowest BCUT2D eigenvalue weighted by atomic mass is 10.0. The van der Waals surface area contributed by atoms with Gasteiger partial charge in [-0.2, -0.15) is 0 Å². The molecule has 0 radical (unpaired) electrons. The van der Waals surface area contributed by atoms with Crippen LogP contribution >= 0.6 is 0 Å². The van der Waals surface area contributed by atoms with Gasteiger partial charge < -0.3 is 5.32 Å². The molecular weight excluding hydrogens is 227 g/mol. The number of nitrogens with zero attached hydrogens (tertiary/aromatic N) is 1. The van der Waals surface area contributed by atoms with Gasteiger partial charge >= 0.3 is 0 Å². The van der Waals surface area contributed by atoms with Crippen LogP contribution < -0.4 is 5.32 Å². The standard InChI is InChI=1S/C15H23FN2/c1-11-8-15(16)5-4-14(11)6-7-18-9-12(2)17-13(3)10-18/h4-5,8,12-13,17H,6-7,9-10H2,1-3H3. The van der Waals surface area contributed by atoms with Gasteiger partial charge in [0.2, 0.25) is 0 Å². The topological polar surface area (TPSA) is 15.3 Å². The minimum atomic E-state index is -0.138. The Balaban J connectivity index is 1.91. The Morgan fingerprint density at radius 2 is 1.94 bits per heavy atom. The van der Waals surface area contributed by atoms with E-state index in [4.69, 9.17) is 0 Å². The largest absolute Gasteiger partial charge is 0.309 e. The van der Waals surface area contributed by atoms with Crippen LogP contribution in [-0.4, -0.2) is 36.6 Å². The van der Waals surface area contributed by atoms with Crippen molar-refractivity contribution in [3.8, 4) is 0 Å². The first-order chi connectivity index (χ1) is 8.54. The number of nitrogens with one attached hydrogen (secondary N) is 1. The van der Waals surface area contributed by atoms with Gasteiger partial charge in [0.15, 0.2) is 0 Å². The summed E-state index contributed by atoms with van der Waals surface area (Å²) in [6, 6.07) is 6.22. The van der Waals surface area contributed by atoms with Gasteiger partial charge in [0.1, 0.15) is 5.82 Å². The molecule has 2 nitrogen and oxygen atoms in total. The Morgan fingerprint density at radius 1 is 1.28 bits per heavy atom. The summed E-state index contributed by atoms with van der Waals surface area (Å²) >= 11 is 0. The van der Waals surface area contributed by atoms with Crippen LogP contribution in [0.3, 0.4) is 0 Å². The highest BCUT2D eigenvalue weighted by Crippen LogP contribution is 2.12. The third-order valence-corrected chi connectivity index (χ3v) is 3.64. The Morgan fingerprint density at radius 3 is 2.56 bits per heavy atom. The third-order valence-electron chi connectivity index (χ3n) is 3.64. The van der Waals surface area contributed by atoms with Crippen LogP contribution in [0, 0.1) is 12.7 Å². The van der Waals surface area contributed by atoms with E-state index in [1.165, 1.54) is 5.56 Å². The first-order valence-electron chi connectivity index (χ1n) is 6.78. The molecule has 2 rings (SSSR count). The van der Waals surface area contributed by atoms with Crippen LogP contribution in [0.1, 0.15) is 25.0 Å². The Kier molecular flexibility index (Phi) is 4.36. The fourth-order valence-corrected chi connectivity index (χ4v) is 2.84. The highest BCUT2D eigenvalue weighted by atomic mass is 19.1. The van der Waals surface area contributed by atoms with E-state index in [0.717, 1.165) is 31.6 Å². The summed E-state index contributed by atoms with van der Waals surface area (Å²) in [5, 5.41) is 3.53. The summed E-state index contributed by atoms with van der Waals surface area (Å²) in [5.74, 6) is -0.138. The predicted molar refractivity (Wildman–Crippen MR) is 73.3 cm³/mol. The SMILES string of the molecule is Cc1cc(F)ccc1CCN1CC(C)NC(C)C1. The fraction of sp³-hybridized carbons (Fsp3) is 0.600. The molecule has 3 heteroatoms. The molecule has 1 saturated heterocycles. The van der Waals surface area contributed by atoms with Crippen LogP contribution in [0.15, 0.2) is 18.2 Å². The molecule has 1 heterocycles. The molecule has 1 fully saturated rings. The Hall–Kier alpha value is -0.930. The molecule has 0 bridgehead atoms. The van der Waals surface area contributed by atoms with E-state index < -0.39 is 0 Å². The van der Waals surface area contributed by atoms with Gasteiger partial charge in [0.05, 0.1) is 0 Å². The molecule has 100 valence electrons. The van der Waals surface area contributed by atoms with Gasteiger partial charge in [-0.25, -0.2) is 4.39 Å². The van der Waals surface area contributed by atoms with Crippen LogP contribution in [0.2, 0.25) is 0 Å². The molecular formula is C15H23FN2. The van der Waals surface area contributed by atoms with E-state index in [1.807, 2.05) is 13.0 Å². The molecule has 1 aromatic carbocycles. The van der Waals surface area contributed by atoms with Crippen molar-refractivity contribution < 1.29 is 4.39 Å². The van der Waals surface area contributed by atoms with Crippen molar-refractivity contribution >= 4 is 0 Å². The highest BCUT2D eigenvalue weighted by molar-refractivity contribution is 5.26. The highest BCUT2D eigenvalue weighted by Gasteiger charge is 2.20. The summed E-state index contributed by atoms with van der Waals surface area (Å²) < 4.78 is 13.0. The number of hydrogen-bond donors (Lipinski definition) is 1. The van der Waals surface area contributed by atoms with Gasteiger partial charge in [-0.1, -0.05) is 6.07 Å². The molecule has 1 aromatic rings. The molecule has 0 aliphatic carbocycles. The average molecular weight is 250 g/mol. The van der Waals surface area contributed by atoms with Crippen molar-refractivity contribution in [1.82, 2.24) is 10.2 Å². The normalized spacial score (nSPS) is 25.3. The number of hydrogen-bond acceptors (Lipinski definition) is 2. The maximum atomic E-state index is 13.0. The van der Waals surface area contributed by atoms with Crippen molar-refractivity contribution in [2.75, 3.05) is 19.6 Å². The van der Waals surface area contributed by atoms with E-state index >= 15 is 0 Å². The van der Waals surface area contributed by atoms with E-state index in [2.05, 4.69) is 24.1 Å². The van der Waals surface area contributed by atoms with Crippen LogP contribution in [-0.2, 0) is 6.42 Å². The molecule has 1 aliphatic rings. The number of halogens is 1. The zero-order valence-corrected chi connectivity index (χ0v) is 11.5. The molecule has 0 spiro atoms. The maximum Gasteiger partial charge on any atom is 0.123 e. The quantitative estimate of drug-likeness (QED) is 0.886. The first-order valence-corrected chi connectivity index (χ1v) is 6.78. The molecule has 1 aliphatic heterocycles. The van der Waals surface area contributed by atoms with Gasteiger partial charge in [0.25, 0.3) is 0 Å². The summed E-state index contributed by atoms with van der Waals surface area (Å²) in [6.07, 6.45) is 1.01. The second kappa shape index (κ2) is 5.81. The Bertz CT molecular complexity index is 395. The second-order valence-corrected chi connectivity index (χ2v) is 5.55. The molecule has 2 atom stereocenters. The summed E-state index contributed by atoms with van der Waals surface area (Å²) in [6.45, 7) is 9.71. The van der Waals surface area contributed by atoms with Crippen LogP contribution in [0.25, 0.3) is 0 Å². The smallest absolute Gasteiger partial charge is 0.123 e. The van der Waals surface area contributed by atoms with Gasteiger partial charge in [-0.3, -0.25) is 4.90 Å². The van der Waals surface area contributed by atoms with Crippen LogP contribution in [0.4, 0.5) is 4.39 Å². The van der Waals surface area contributed by atoms with Crippen molar-refractivity contribution in [1.29, 1.82) is 0 Å². The van der Waals surface area contributed by atoms with Gasteiger partial charge in [-0.15, -0.1) is 0 Å². The zero-order chi connectivity index (χ0) is 13.1. The first kappa shape index (κ1) is 13.5. The summed E-state index contributed by atoms with van der Waals surface area (Å²) in [7, 11) is 0. The van der Waals surface area contributed by atoms with Gasteiger partial charge in [-0.05, 0) is 50.5 Å². The molecule has 1 N–H and O–H groups in total. The fourth-order valence-electron chi connectivity index (χ4n) is 2.84.